The van der Waals surface area contributed by atoms with Gasteiger partial charge in [-0.1, -0.05) is 24.3 Å². The minimum Gasteiger partial charge on any atom is -0.378 e. The Morgan fingerprint density at radius 3 is 2.62 bits per heavy atom. The van der Waals surface area contributed by atoms with Crippen molar-refractivity contribution < 1.29 is 4.79 Å². The van der Waals surface area contributed by atoms with Crippen LogP contribution in [0.1, 0.15) is 6.42 Å². The summed E-state index contributed by atoms with van der Waals surface area (Å²) in [6, 6.07) is 10.1. The fourth-order valence-electron chi connectivity index (χ4n) is 1.42. The molecule has 1 aliphatic carbocycles. The number of carbonyl (C=O) groups is 1. The molecule has 0 heterocycles. The predicted octanol–water partition coefficient (Wildman–Crippen LogP) is 2.00. The van der Waals surface area contributed by atoms with Gasteiger partial charge in [0, 0.05) is 12.1 Å². The first-order chi connectivity index (χ1) is 6.34. The maximum atomic E-state index is 10.9. The van der Waals surface area contributed by atoms with Gasteiger partial charge in [0.05, 0.1) is 6.04 Å². The number of hydrogen-bond acceptors (Lipinski definition) is 2. The summed E-state index contributed by atoms with van der Waals surface area (Å²) < 4.78 is 0. The van der Waals surface area contributed by atoms with Crippen LogP contribution in [0.25, 0.3) is 0 Å². The van der Waals surface area contributed by atoms with Gasteiger partial charge in [-0.05, 0) is 18.2 Å². The summed E-state index contributed by atoms with van der Waals surface area (Å²) in [7, 11) is 0. The molecule has 0 amide bonds. The number of nitrogens with one attached hydrogen (secondary N) is 1. The van der Waals surface area contributed by atoms with Crippen LogP contribution >= 0.6 is 0 Å². The summed E-state index contributed by atoms with van der Waals surface area (Å²) >= 11 is 0. The van der Waals surface area contributed by atoms with Gasteiger partial charge in [-0.25, -0.2) is 0 Å². The Kier molecular flexibility index (Phi) is 2.13. The van der Waals surface area contributed by atoms with E-state index in [0.717, 1.165) is 5.69 Å². The molecule has 0 bridgehead atoms. The molecule has 0 spiro atoms. The molecule has 2 nitrogen and oxygen atoms in total. The van der Waals surface area contributed by atoms with Crippen molar-refractivity contribution in [2.24, 2.45) is 0 Å². The van der Waals surface area contributed by atoms with Gasteiger partial charge >= 0.3 is 0 Å². The fraction of sp³-hybridized carbons (Fsp3) is 0.182. The van der Waals surface area contributed by atoms with Crippen LogP contribution in [-0.4, -0.2) is 11.8 Å². The number of rotatable bonds is 2. The van der Waals surface area contributed by atoms with E-state index in [1.54, 1.807) is 6.08 Å². The van der Waals surface area contributed by atoms with Crippen LogP contribution in [0.2, 0.25) is 0 Å². The lowest BCUT2D eigenvalue weighted by molar-refractivity contribution is -0.114. The van der Waals surface area contributed by atoms with Crippen LogP contribution < -0.4 is 5.32 Å². The molecule has 0 radical (unpaired) electrons. The van der Waals surface area contributed by atoms with Gasteiger partial charge in [0.1, 0.15) is 0 Å². The topological polar surface area (TPSA) is 29.1 Å². The highest BCUT2D eigenvalue weighted by Crippen LogP contribution is 2.13. The molecule has 1 N–H and O–H groups in total. The molecule has 1 atom stereocenters. The molecule has 2 heteroatoms. The van der Waals surface area contributed by atoms with Crippen LogP contribution in [0.5, 0.6) is 0 Å². The highest BCUT2D eigenvalue weighted by molar-refractivity contribution is 5.93. The first-order valence-electron chi connectivity index (χ1n) is 4.37. The van der Waals surface area contributed by atoms with Gasteiger partial charge in [0.2, 0.25) is 0 Å². The van der Waals surface area contributed by atoms with Crippen LogP contribution in [0, 0.1) is 0 Å². The molecule has 0 fully saturated rings. The first-order valence-corrected chi connectivity index (χ1v) is 4.37. The summed E-state index contributed by atoms with van der Waals surface area (Å²) in [5.74, 6) is 0.202. The minimum atomic E-state index is 0.176. The van der Waals surface area contributed by atoms with Crippen molar-refractivity contribution in [1.82, 2.24) is 0 Å². The van der Waals surface area contributed by atoms with Gasteiger partial charge in [-0.15, -0.1) is 0 Å². The normalized spacial score (nSPS) is 20.6. The van der Waals surface area contributed by atoms with Crippen LogP contribution in [0.4, 0.5) is 5.69 Å². The lowest BCUT2D eigenvalue weighted by Gasteiger charge is -2.10. The molecule has 0 saturated heterocycles. The van der Waals surface area contributed by atoms with Crippen LogP contribution in [0.15, 0.2) is 42.5 Å². The van der Waals surface area contributed by atoms with Crippen molar-refractivity contribution in [2.75, 3.05) is 5.32 Å². The van der Waals surface area contributed by atoms with Crippen molar-refractivity contribution in [3.05, 3.63) is 42.5 Å². The molecule has 1 aliphatic rings. The quantitative estimate of drug-likeness (QED) is 0.741. The maximum absolute atomic E-state index is 10.9. The number of para-hydroxylation sites is 1. The molecule has 13 heavy (non-hydrogen) atoms. The maximum Gasteiger partial charge on any atom is 0.157 e. The summed E-state index contributed by atoms with van der Waals surface area (Å²) in [5, 5.41) is 3.26. The van der Waals surface area contributed by atoms with Gasteiger partial charge in [0.15, 0.2) is 5.78 Å². The second-order valence-electron chi connectivity index (χ2n) is 3.15. The summed E-state index contributed by atoms with van der Waals surface area (Å²) in [6.07, 6.45) is 4.13. The Bertz CT molecular complexity index is 329. The number of allylic oxidation sites excluding steroid dienone is 1. The Labute approximate surface area is 77.3 Å². The number of hydrogen-bond donors (Lipinski definition) is 1. The largest absolute Gasteiger partial charge is 0.378 e. The molecular formula is C11H11NO. The highest BCUT2D eigenvalue weighted by atomic mass is 16.1. The average molecular weight is 173 g/mol. The zero-order valence-corrected chi connectivity index (χ0v) is 7.23. The number of carbonyl (C=O) groups excluding carboxylic acids is 1. The Morgan fingerprint density at radius 2 is 2.00 bits per heavy atom. The van der Waals surface area contributed by atoms with E-state index in [-0.39, 0.29) is 11.8 Å². The van der Waals surface area contributed by atoms with E-state index >= 15 is 0 Å². The number of ketones is 1. The second-order valence-corrected chi connectivity index (χ2v) is 3.15. The lowest BCUT2D eigenvalue weighted by Crippen LogP contribution is -2.15. The van der Waals surface area contributed by atoms with E-state index in [0.29, 0.717) is 6.42 Å². The lowest BCUT2D eigenvalue weighted by atomic mass is 10.2. The highest BCUT2D eigenvalue weighted by Gasteiger charge is 2.14. The van der Waals surface area contributed by atoms with E-state index in [1.165, 1.54) is 0 Å². The average Bonchev–Trinajstić information content (AvgIpc) is 2.53. The third kappa shape index (κ3) is 1.96. The fourth-order valence-corrected chi connectivity index (χ4v) is 1.42. The molecule has 2 rings (SSSR count). The van der Waals surface area contributed by atoms with Crippen LogP contribution in [0.3, 0.4) is 0 Å². The molecule has 1 aromatic rings. The molecule has 0 aliphatic heterocycles. The van der Waals surface area contributed by atoms with Gasteiger partial charge in [0.25, 0.3) is 0 Å². The summed E-state index contributed by atoms with van der Waals surface area (Å²) in [4.78, 5) is 10.9. The van der Waals surface area contributed by atoms with Crippen molar-refractivity contribution in [3.63, 3.8) is 0 Å². The van der Waals surface area contributed by atoms with Crippen molar-refractivity contribution in [3.8, 4) is 0 Å². The van der Waals surface area contributed by atoms with Crippen molar-refractivity contribution in [1.29, 1.82) is 0 Å². The third-order valence-corrected chi connectivity index (χ3v) is 2.06. The SMILES string of the molecule is O=C1C=CC(Nc2ccccc2)C1. The van der Waals surface area contributed by atoms with E-state index in [9.17, 15) is 4.79 Å². The zero-order chi connectivity index (χ0) is 9.10. The van der Waals surface area contributed by atoms with E-state index in [4.69, 9.17) is 0 Å². The van der Waals surface area contributed by atoms with Crippen LogP contribution in [-0.2, 0) is 4.79 Å². The van der Waals surface area contributed by atoms with E-state index in [2.05, 4.69) is 5.32 Å². The summed E-state index contributed by atoms with van der Waals surface area (Å²) in [5.41, 5.74) is 1.06. The summed E-state index contributed by atoms with van der Waals surface area (Å²) in [6.45, 7) is 0. The molecule has 66 valence electrons. The molecule has 1 unspecified atom stereocenters. The number of anilines is 1. The van der Waals surface area contributed by atoms with Gasteiger partial charge in [-0.3, -0.25) is 4.79 Å². The van der Waals surface area contributed by atoms with Gasteiger partial charge in [-0.2, -0.15) is 0 Å². The molecular weight excluding hydrogens is 162 g/mol. The standard InChI is InChI=1S/C11H11NO/c13-11-7-6-10(8-11)12-9-4-2-1-3-5-9/h1-7,10,12H,8H2. The predicted molar refractivity (Wildman–Crippen MR) is 52.6 cm³/mol. The Balaban J connectivity index is 2.00. The smallest absolute Gasteiger partial charge is 0.157 e. The van der Waals surface area contributed by atoms with E-state index in [1.807, 2.05) is 36.4 Å². The van der Waals surface area contributed by atoms with Crippen molar-refractivity contribution >= 4 is 11.5 Å². The van der Waals surface area contributed by atoms with E-state index < -0.39 is 0 Å². The Morgan fingerprint density at radius 1 is 1.23 bits per heavy atom. The molecule has 1 aromatic carbocycles. The number of benzene rings is 1. The first kappa shape index (κ1) is 8.05. The monoisotopic (exact) mass is 173 g/mol. The molecule has 0 saturated carbocycles. The Hall–Kier alpha value is -1.57. The van der Waals surface area contributed by atoms with Gasteiger partial charge < -0.3 is 5.32 Å². The van der Waals surface area contributed by atoms with Crippen molar-refractivity contribution in [2.45, 2.75) is 12.5 Å². The second kappa shape index (κ2) is 3.44. The zero-order valence-electron chi connectivity index (χ0n) is 7.23. The third-order valence-electron chi connectivity index (χ3n) is 2.06. The molecule has 0 aromatic heterocycles. The minimum absolute atomic E-state index is 0.176.